The summed E-state index contributed by atoms with van der Waals surface area (Å²) in [5, 5.41) is 10.7. The molecule has 0 atom stereocenters. The number of ether oxygens (including phenoxy) is 4. The second-order valence-corrected chi connectivity index (χ2v) is 8.46. The molecule has 2 aromatic carbocycles. The molecule has 1 amide bonds. The van der Waals surface area contributed by atoms with E-state index in [1.54, 1.807) is 0 Å². The fourth-order valence-electron chi connectivity index (χ4n) is 4.54. The average molecular weight is 460 g/mol. The molecular formula is C26H24N2O6. The number of carbonyl (C=O) groups is 1. The molecule has 2 N–H and O–H groups in total. The number of aromatic nitrogens is 1. The third kappa shape index (κ3) is 3.74. The minimum Gasteiger partial charge on any atom is -0.494 e. The molecule has 8 heteroatoms. The Labute approximate surface area is 196 Å². The standard InChI is InChI=1S/C26H24N2O6/c29-23-19-20(22(28-23)16-5-9-18(10-6-16)26-33-13-2-14-34-26)24(30)27-21(19)15-3-7-17(8-4-15)25-31-11-1-12-32-25/h3-10,25-27,30H,1-2,11-14H2. The van der Waals surface area contributed by atoms with E-state index in [-0.39, 0.29) is 24.4 Å². The van der Waals surface area contributed by atoms with Crippen LogP contribution < -0.4 is 0 Å². The number of nitrogens with zero attached hydrogens (tertiary/aromatic N) is 1. The summed E-state index contributed by atoms with van der Waals surface area (Å²) in [6, 6.07) is 15.1. The quantitative estimate of drug-likeness (QED) is 0.604. The van der Waals surface area contributed by atoms with Gasteiger partial charge in [0.1, 0.15) is 0 Å². The summed E-state index contributed by atoms with van der Waals surface area (Å²) in [7, 11) is 0. The topological polar surface area (TPSA) is 102 Å². The number of rotatable bonds is 4. The van der Waals surface area contributed by atoms with Gasteiger partial charge < -0.3 is 29.0 Å². The molecule has 1 aromatic heterocycles. The number of aromatic hydroxyl groups is 1. The lowest BCUT2D eigenvalue weighted by Gasteiger charge is -2.23. The average Bonchev–Trinajstić information content (AvgIpc) is 3.43. The fourth-order valence-corrected chi connectivity index (χ4v) is 4.54. The summed E-state index contributed by atoms with van der Waals surface area (Å²) in [6.07, 6.45) is 1.01. The second kappa shape index (κ2) is 8.81. The van der Waals surface area contributed by atoms with Gasteiger partial charge in [-0.15, -0.1) is 0 Å². The van der Waals surface area contributed by atoms with E-state index in [4.69, 9.17) is 18.9 Å². The summed E-state index contributed by atoms with van der Waals surface area (Å²) < 4.78 is 22.6. The zero-order valence-electron chi connectivity index (χ0n) is 18.5. The Morgan fingerprint density at radius 3 is 1.76 bits per heavy atom. The predicted octanol–water partition coefficient (Wildman–Crippen LogP) is 4.25. The summed E-state index contributed by atoms with van der Waals surface area (Å²) in [5.74, 6) is -0.469. The summed E-state index contributed by atoms with van der Waals surface area (Å²) in [6.45, 7) is 2.67. The van der Waals surface area contributed by atoms with Crippen molar-refractivity contribution in [1.82, 2.24) is 4.98 Å². The molecule has 0 unspecified atom stereocenters. The van der Waals surface area contributed by atoms with Gasteiger partial charge in [-0.05, 0) is 18.4 Å². The third-order valence-corrected chi connectivity index (χ3v) is 6.23. The first-order valence-electron chi connectivity index (χ1n) is 11.4. The van der Waals surface area contributed by atoms with Crippen molar-refractivity contribution >= 4 is 11.6 Å². The van der Waals surface area contributed by atoms with E-state index < -0.39 is 0 Å². The molecule has 2 fully saturated rings. The molecular weight excluding hydrogens is 436 g/mol. The van der Waals surface area contributed by atoms with Gasteiger partial charge >= 0.3 is 0 Å². The number of benzene rings is 2. The van der Waals surface area contributed by atoms with Crippen molar-refractivity contribution in [2.75, 3.05) is 26.4 Å². The summed E-state index contributed by atoms with van der Waals surface area (Å²) in [5.41, 5.74) is 5.07. The molecule has 2 saturated heterocycles. The first-order valence-corrected chi connectivity index (χ1v) is 11.4. The largest absolute Gasteiger partial charge is 0.494 e. The molecule has 0 saturated carbocycles. The fraction of sp³-hybridized carbons (Fsp3) is 0.308. The van der Waals surface area contributed by atoms with Crippen LogP contribution >= 0.6 is 0 Å². The molecule has 174 valence electrons. The number of H-pyrrole nitrogens is 1. The van der Waals surface area contributed by atoms with Crippen molar-refractivity contribution in [3.8, 4) is 17.1 Å². The monoisotopic (exact) mass is 460 g/mol. The van der Waals surface area contributed by atoms with Gasteiger partial charge in [0.05, 0.1) is 49.0 Å². The number of amides is 1. The molecule has 6 rings (SSSR count). The number of carbonyl (C=O) groups excluding carboxylic acids is 1. The van der Waals surface area contributed by atoms with E-state index in [1.165, 1.54) is 0 Å². The van der Waals surface area contributed by atoms with E-state index in [2.05, 4.69) is 9.98 Å². The molecule has 3 aliphatic rings. The lowest BCUT2D eigenvalue weighted by Crippen LogP contribution is -2.17. The summed E-state index contributed by atoms with van der Waals surface area (Å²) in [4.78, 5) is 20.1. The highest BCUT2D eigenvalue weighted by Crippen LogP contribution is 2.38. The van der Waals surface area contributed by atoms with Gasteiger partial charge in [-0.1, -0.05) is 48.5 Å². The van der Waals surface area contributed by atoms with Crippen LogP contribution in [0.4, 0.5) is 0 Å². The van der Waals surface area contributed by atoms with Crippen LogP contribution in [0.5, 0.6) is 5.88 Å². The van der Waals surface area contributed by atoms with Crippen molar-refractivity contribution in [1.29, 1.82) is 0 Å². The van der Waals surface area contributed by atoms with Gasteiger partial charge in [-0.25, -0.2) is 4.99 Å². The number of hydrogen-bond donors (Lipinski definition) is 2. The third-order valence-electron chi connectivity index (χ3n) is 6.23. The Morgan fingerprint density at radius 1 is 0.735 bits per heavy atom. The van der Waals surface area contributed by atoms with Gasteiger partial charge in [0.25, 0.3) is 5.91 Å². The molecule has 0 bridgehead atoms. The highest BCUT2D eigenvalue weighted by Gasteiger charge is 2.33. The lowest BCUT2D eigenvalue weighted by molar-refractivity contribution is -0.183. The predicted molar refractivity (Wildman–Crippen MR) is 123 cm³/mol. The number of hydrogen-bond acceptors (Lipinski definition) is 6. The second-order valence-electron chi connectivity index (χ2n) is 8.46. The van der Waals surface area contributed by atoms with Crippen LogP contribution in [0.2, 0.25) is 0 Å². The Morgan fingerprint density at radius 2 is 1.24 bits per heavy atom. The van der Waals surface area contributed by atoms with Crippen molar-refractivity contribution < 1.29 is 28.8 Å². The van der Waals surface area contributed by atoms with Crippen LogP contribution in [0.3, 0.4) is 0 Å². The first-order chi connectivity index (χ1) is 16.7. The Bertz CT molecular complexity index is 1230. The number of nitrogens with one attached hydrogen (secondary N) is 1. The lowest BCUT2D eigenvalue weighted by atomic mass is 9.99. The SMILES string of the molecule is O=C1N=C(c2ccc(C3OCCCO3)cc2)c2c(O)[nH]c(-c3ccc(C4OCCCO4)cc3)c21. The highest BCUT2D eigenvalue weighted by atomic mass is 16.7. The number of aliphatic imine (C=N–C) groups is 1. The van der Waals surface area contributed by atoms with Crippen molar-refractivity contribution in [3.05, 3.63) is 76.3 Å². The Hall–Kier alpha value is -3.30. The molecule has 4 heterocycles. The maximum absolute atomic E-state index is 12.9. The Balaban J connectivity index is 1.28. The van der Waals surface area contributed by atoms with Gasteiger partial charge in [-0.2, -0.15) is 0 Å². The first kappa shape index (κ1) is 21.2. The van der Waals surface area contributed by atoms with E-state index in [9.17, 15) is 9.90 Å². The van der Waals surface area contributed by atoms with Crippen molar-refractivity contribution in [2.24, 2.45) is 4.99 Å². The van der Waals surface area contributed by atoms with Crippen molar-refractivity contribution in [3.63, 3.8) is 0 Å². The van der Waals surface area contributed by atoms with Crippen molar-refractivity contribution in [2.45, 2.75) is 25.4 Å². The highest BCUT2D eigenvalue weighted by molar-refractivity contribution is 6.30. The normalized spacial score (nSPS) is 19.3. The van der Waals surface area contributed by atoms with E-state index in [0.29, 0.717) is 49.0 Å². The van der Waals surface area contributed by atoms with Gasteiger partial charge in [0.2, 0.25) is 0 Å². The maximum Gasteiger partial charge on any atom is 0.280 e. The van der Waals surface area contributed by atoms with Crippen LogP contribution in [0, 0.1) is 0 Å². The van der Waals surface area contributed by atoms with Crippen LogP contribution in [0.1, 0.15) is 58.0 Å². The van der Waals surface area contributed by atoms with Crippen LogP contribution in [-0.4, -0.2) is 48.1 Å². The van der Waals surface area contributed by atoms with E-state index >= 15 is 0 Å². The zero-order valence-corrected chi connectivity index (χ0v) is 18.5. The van der Waals surface area contributed by atoms with Gasteiger partial charge in [0.15, 0.2) is 18.5 Å². The van der Waals surface area contributed by atoms with Gasteiger partial charge in [0, 0.05) is 16.7 Å². The minimum atomic E-state index is -0.386. The molecule has 0 aliphatic carbocycles. The number of fused-ring (bicyclic) bond motifs is 1. The zero-order chi connectivity index (χ0) is 23.1. The maximum atomic E-state index is 12.9. The molecule has 3 aromatic rings. The van der Waals surface area contributed by atoms with Crippen LogP contribution in [-0.2, 0) is 18.9 Å². The van der Waals surface area contributed by atoms with Gasteiger partial charge in [-0.3, -0.25) is 4.79 Å². The molecule has 3 aliphatic heterocycles. The minimum absolute atomic E-state index is 0.0827. The van der Waals surface area contributed by atoms with E-state index in [1.807, 2.05) is 48.5 Å². The molecule has 0 radical (unpaired) electrons. The number of aromatic amines is 1. The van der Waals surface area contributed by atoms with E-state index in [0.717, 1.165) is 35.1 Å². The molecule has 34 heavy (non-hydrogen) atoms. The van der Waals surface area contributed by atoms with Crippen LogP contribution in [0.15, 0.2) is 53.5 Å². The Kier molecular flexibility index (Phi) is 5.50. The summed E-state index contributed by atoms with van der Waals surface area (Å²) >= 11 is 0. The van der Waals surface area contributed by atoms with Crippen LogP contribution in [0.25, 0.3) is 11.3 Å². The molecule has 0 spiro atoms. The smallest absolute Gasteiger partial charge is 0.280 e. The molecule has 8 nitrogen and oxygen atoms in total.